The lowest BCUT2D eigenvalue weighted by atomic mass is 9.93. The van der Waals surface area contributed by atoms with Crippen LogP contribution in [-0.4, -0.2) is 82.1 Å². The Morgan fingerprint density at radius 2 is 1.53 bits per heavy atom. The van der Waals surface area contributed by atoms with E-state index in [-0.39, 0.29) is 47.5 Å². The van der Waals surface area contributed by atoms with Crippen LogP contribution in [-0.2, 0) is 16.0 Å². The number of piperidine rings is 1. The van der Waals surface area contributed by atoms with E-state index in [4.69, 9.17) is 27.2 Å². The summed E-state index contributed by atoms with van der Waals surface area (Å²) in [4.78, 5) is 52.8. The average molecular weight is 753 g/mol. The topological polar surface area (TPSA) is 153 Å². The van der Waals surface area contributed by atoms with Crippen LogP contribution in [0.5, 0.6) is 5.75 Å². The summed E-state index contributed by atoms with van der Waals surface area (Å²) in [6.07, 6.45) is -3.68. The first-order valence-electron chi connectivity index (χ1n) is 16.8. The van der Waals surface area contributed by atoms with Crippen LogP contribution >= 0.6 is 11.6 Å². The fourth-order valence-corrected chi connectivity index (χ4v) is 6.24. The number of benzene rings is 4. The second-order valence-corrected chi connectivity index (χ2v) is 12.8. The number of alkyl halides is 3. The molecule has 0 aliphatic carbocycles. The molecule has 4 aromatic carbocycles. The predicted molar refractivity (Wildman–Crippen MR) is 194 cm³/mol. The number of carboxylic acid groups (broad SMARTS) is 1. The van der Waals surface area contributed by atoms with Crippen molar-refractivity contribution >= 4 is 35.3 Å². The lowest BCUT2D eigenvalue weighted by Crippen LogP contribution is -2.50. The monoisotopic (exact) mass is 752 g/mol. The fourth-order valence-electron chi connectivity index (χ4n) is 6.12. The van der Waals surface area contributed by atoms with Crippen molar-refractivity contribution < 1.29 is 42.6 Å². The van der Waals surface area contributed by atoms with Gasteiger partial charge >= 0.3 is 12.1 Å². The number of amides is 3. The minimum atomic E-state index is -5.08. The Hall–Kier alpha value is -5.40. The van der Waals surface area contributed by atoms with Crippen LogP contribution in [0.3, 0.4) is 0 Å². The van der Waals surface area contributed by atoms with Gasteiger partial charge in [-0.2, -0.15) is 13.2 Å². The molecule has 4 aromatic rings. The van der Waals surface area contributed by atoms with Crippen LogP contribution in [0.25, 0.3) is 11.1 Å². The maximum Gasteiger partial charge on any atom is 0.490 e. The number of likely N-dealkylation sites (tertiary alicyclic amines) is 1. The Morgan fingerprint density at radius 3 is 2.13 bits per heavy atom. The number of nitrogens with zero attached hydrogens (tertiary/aromatic N) is 2. The lowest BCUT2D eigenvalue weighted by Gasteiger charge is -2.42. The van der Waals surface area contributed by atoms with Gasteiger partial charge in [-0.25, -0.2) is 4.79 Å². The number of carbonyl (C=O) groups is 4. The molecule has 10 nitrogen and oxygen atoms in total. The van der Waals surface area contributed by atoms with Crippen molar-refractivity contribution in [3.8, 4) is 16.9 Å². The number of rotatable bonds is 10. The zero-order valence-corrected chi connectivity index (χ0v) is 29.6. The van der Waals surface area contributed by atoms with Crippen LogP contribution in [0.2, 0.25) is 5.02 Å². The number of hydrogen-bond donors (Lipinski definition) is 4. The summed E-state index contributed by atoms with van der Waals surface area (Å²) in [5.74, 6) is -3.23. The first-order chi connectivity index (χ1) is 25.2. The first-order valence-corrected chi connectivity index (χ1v) is 17.2. The third-order valence-corrected chi connectivity index (χ3v) is 9.03. The molecule has 1 saturated heterocycles. The molecule has 14 heteroatoms. The molecule has 5 N–H and O–H groups in total. The van der Waals surface area contributed by atoms with Gasteiger partial charge in [-0.3, -0.25) is 14.4 Å². The normalized spacial score (nSPS) is 13.7. The van der Waals surface area contributed by atoms with Gasteiger partial charge in [0, 0.05) is 42.8 Å². The minimum absolute atomic E-state index is 0.0210. The molecule has 0 bridgehead atoms. The van der Waals surface area contributed by atoms with E-state index in [1.165, 1.54) is 6.07 Å². The molecule has 0 radical (unpaired) electrons. The molecule has 1 fully saturated rings. The van der Waals surface area contributed by atoms with Crippen molar-refractivity contribution in [2.24, 2.45) is 5.73 Å². The molecule has 0 aromatic heterocycles. The van der Waals surface area contributed by atoms with Crippen LogP contribution in [0, 0.1) is 0 Å². The third-order valence-electron chi connectivity index (χ3n) is 8.78. The number of carbonyl (C=O) groups excluding carboxylic acids is 3. The molecule has 5 rings (SSSR count). The maximum atomic E-state index is 14.1. The van der Waals surface area contributed by atoms with Crippen molar-refractivity contribution in [2.45, 2.75) is 44.4 Å². The molecule has 53 heavy (non-hydrogen) atoms. The molecule has 280 valence electrons. The quantitative estimate of drug-likeness (QED) is 0.145. The molecule has 3 amide bonds. The number of nitrogens with two attached hydrogens (primary N) is 1. The summed E-state index contributed by atoms with van der Waals surface area (Å²) >= 11 is 6.10. The highest BCUT2D eigenvalue weighted by Gasteiger charge is 2.38. The van der Waals surface area contributed by atoms with Gasteiger partial charge in [0.1, 0.15) is 5.75 Å². The van der Waals surface area contributed by atoms with E-state index in [1.54, 1.807) is 41.3 Å². The summed E-state index contributed by atoms with van der Waals surface area (Å²) in [5, 5.41) is 20.8. The Labute approximate surface area is 310 Å². The molecule has 1 heterocycles. The van der Waals surface area contributed by atoms with Gasteiger partial charge in [-0.05, 0) is 78.4 Å². The number of phenolic OH excluding ortho intramolecular Hbond substituents is 1. The highest BCUT2D eigenvalue weighted by Crippen LogP contribution is 2.33. The lowest BCUT2D eigenvalue weighted by molar-refractivity contribution is -0.192. The largest absolute Gasteiger partial charge is 0.507 e. The molecule has 1 unspecified atom stereocenters. The molecular weight excluding hydrogens is 713 g/mol. The number of aromatic hydroxyl groups is 1. The average Bonchev–Trinajstić information content (AvgIpc) is 3.15. The molecule has 1 atom stereocenters. The van der Waals surface area contributed by atoms with Gasteiger partial charge in [0.25, 0.3) is 11.8 Å². The van der Waals surface area contributed by atoms with Gasteiger partial charge in [0.05, 0.1) is 18.0 Å². The van der Waals surface area contributed by atoms with Gasteiger partial charge in [0.15, 0.2) is 0 Å². The smallest absolute Gasteiger partial charge is 0.490 e. The number of hydrogen-bond acceptors (Lipinski definition) is 6. The molecule has 0 saturated carbocycles. The first kappa shape index (κ1) is 40.4. The summed E-state index contributed by atoms with van der Waals surface area (Å²) in [6.45, 7) is 3.67. The standard InChI is InChI=1S/C37H39ClN4O4.C2HF3O2/c1-25(27-7-6-8-28(24-27)31-9-2-3-10-32(31)36(45)40-20-19-39)42(35(44)23-26-13-15-29(38)16-14-26)30-17-21-41(22-18-30)37(46)33-11-4-5-12-34(33)43;3-2(4,5)1(6)7/h2-16,24-25,30,43H,17-23,39H2,1H3,(H,40,45);(H,6,7). The van der Waals surface area contributed by atoms with Crippen molar-refractivity contribution in [1.82, 2.24) is 15.1 Å². The summed E-state index contributed by atoms with van der Waals surface area (Å²) < 4.78 is 31.7. The van der Waals surface area contributed by atoms with E-state index in [1.807, 2.05) is 66.4 Å². The van der Waals surface area contributed by atoms with E-state index in [0.717, 1.165) is 22.3 Å². The maximum absolute atomic E-state index is 14.1. The molecule has 0 spiro atoms. The number of aliphatic carboxylic acids is 1. The molecule has 1 aliphatic rings. The van der Waals surface area contributed by atoms with Crippen molar-refractivity contribution in [3.63, 3.8) is 0 Å². The highest BCUT2D eigenvalue weighted by molar-refractivity contribution is 6.30. The van der Waals surface area contributed by atoms with E-state index in [9.17, 15) is 32.7 Å². The summed E-state index contributed by atoms with van der Waals surface area (Å²) in [5.41, 5.74) is 9.90. The van der Waals surface area contributed by atoms with Gasteiger partial charge < -0.3 is 31.1 Å². The zero-order chi connectivity index (χ0) is 38.7. The van der Waals surface area contributed by atoms with Crippen LogP contribution in [0.1, 0.15) is 57.7 Å². The van der Waals surface area contributed by atoms with Crippen molar-refractivity contribution in [2.75, 3.05) is 26.2 Å². The van der Waals surface area contributed by atoms with E-state index >= 15 is 0 Å². The second-order valence-electron chi connectivity index (χ2n) is 12.3. The highest BCUT2D eigenvalue weighted by atomic mass is 35.5. The predicted octanol–water partition coefficient (Wildman–Crippen LogP) is 6.47. The van der Waals surface area contributed by atoms with Crippen molar-refractivity contribution in [3.05, 3.63) is 124 Å². The number of carboxylic acids is 1. The van der Waals surface area contributed by atoms with E-state index in [2.05, 4.69) is 5.32 Å². The summed E-state index contributed by atoms with van der Waals surface area (Å²) in [6, 6.07) is 28.9. The second kappa shape index (κ2) is 18.4. The fraction of sp³-hybridized carbons (Fsp3) is 0.282. The van der Waals surface area contributed by atoms with Crippen LogP contribution < -0.4 is 11.1 Å². The van der Waals surface area contributed by atoms with E-state index < -0.39 is 12.1 Å². The molecule has 1 aliphatic heterocycles. The summed E-state index contributed by atoms with van der Waals surface area (Å²) in [7, 11) is 0. The number of halogens is 4. The van der Waals surface area contributed by atoms with Gasteiger partial charge in [-0.1, -0.05) is 72.3 Å². The Morgan fingerprint density at radius 1 is 0.925 bits per heavy atom. The van der Waals surface area contributed by atoms with Gasteiger partial charge in [-0.15, -0.1) is 0 Å². The van der Waals surface area contributed by atoms with Crippen molar-refractivity contribution in [1.29, 1.82) is 0 Å². The van der Waals surface area contributed by atoms with E-state index in [0.29, 0.717) is 49.6 Å². The van der Waals surface area contributed by atoms with Gasteiger partial charge in [0.2, 0.25) is 5.91 Å². The Balaban J connectivity index is 0.000000815. The van der Waals surface area contributed by atoms with Crippen LogP contribution in [0.4, 0.5) is 13.2 Å². The number of nitrogens with one attached hydrogen (secondary N) is 1. The third kappa shape index (κ3) is 10.8. The SMILES string of the molecule is CC(c1cccc(-c2ccccc2C(=O)NCCN)c1)N(C(=O)Cc1ccc(Cl)cc1)C1CCN(C(=O)c2ccccc2O)CC1.O=C(O)C(F)(F)F. The number of phenols is 1. The Bertz CT molecular complexity index is 1900. The Kier molecular flexibility index (Phi) is 14.0. The minimum Gasteiger partial charge on any atom is -0.507 e. The zero-order valence-electron chi connectivity index (χ0n) is 28.9. The number of para-hydroxylation sites is 1. The van der Waals surface area contributed by atoms with Crippen LogP contribution in [0.15, 0.2) is 97.1 Å². The molecular formula is C39H40ClF3N4O6.